The van der Waals surface area contributed by atoms with Crippen LogP contribution >= 0.6 is 0 Å². The van der Waals surface area contributed by atoms with Crippen molar-refractivity contribution < 1.29 is 0 Å². The molecular weight excluding hydrogens is 222 g/mol. The van der Waals surface area contributed by atoms with E-state index < -0.39 is 0 Å². The first kappa shape index (κ1) is 14.3. The van der Waals surface area contributed by atoms with E-state index in [1.54, 1.807) is 0 Å². The molecule has 2 atom stereocenters. The second-order valence-corrected chi connectivity index (χ2v) is 6.10. The van der Waals surface area contributed by atoms with Crippen LogP contribution in [0.4, 0.5) is 0 Å². The summed E-state index contributed by atoms with van der Waals surface area (Å²) in [7, 11) is 0. The van der Waals surface area contributed by atoms with Crippen molar-refractivity contribution in [2.24, 2.45) is 0 Å². The van der Waals surface area contributed by atoms with Crippen LogP contribution in [-0.4, -0.2) is 61.2 Å². The van der Waals surface area contributed by atoms with E-state index in [4.69, 9.17) is 0 Å². The van der Waals surface area contributed by atoms with Gasteiger partial charge in [-0.3, -0.25) is 4.90 Å². The van der Waals surface area contributed by atoms with E-state index in [0.717, 1.165) is 12.6 Å². The lowest BCUT2D eigenvalue weighted by molar-refractivity contribution is 0.162. The van der Waals surface area contributed by atoms with Gasteiger partial charge >= 0.3 is 0 Å². The second kappa shape index (κ2) is 7.46. The Kier molecular flexibility index (Phi) is 5.93. The first-order valence-electron chi connectivity index (χ1n) is 7.99. The molecule has 2 rings (SSSR count). The Morgan fingerprint density at radius 3 is 2.67 bits per heavy atom. The molecule has 0 spiro atoms. The lowest BCUT2D eigenvalue weighted by Crippen LogP contribution is -2.41. The highest BCUT2D eigenvalue weighted by atomic mass is 15.3. The first-order valence-corrected chi connectivity index (χ1v) is 7.99. The van der Waals surface area contributed by atoms with E-state index in [-0.39, 0.29) is 0 Å². The Hall–Kier alpha value is -0.120. The number of nitrogens with one attached hydrogen (secondary N) is 1. The zero-order valence-corrected chi connectivity index (χ0v) is 12.3. The summed E-state index contributed by atoms with van der Waals surface area (Å²) in [5.41, 5.74) is 0. The van der Waals surface area contributed by atoms with Crippen LogP contribution < -0.4 is 5.32 Å². The molecule has 0 aliphatic carbocycles. The number of rotatable bonds is 6. The van der Waals surface area contributed by atoms with Crippen molar-refractivity contribution in [2.75, 3.05) is 39.3 Å². The van der Waals surface area contributed by atoms with E-state index in [2.05, 4.69) is 29.0 Å². The summed E-state index contributed by atoms with van der Waals surface area (Å²) >= 11 is 0. The molecule has 106 valence electrons. The van der Waals surface area contributed by atoms with Gasteiger partial charge in [-0.15, -0.1) is 0 Å². The van der Waals surface area contributed by atoms with Gasteiger partial charge in [0.1, 0.15) is 0 Å². The number of likely N-dealkylation sites (tertiary alicyclic amines) is 2. The Bertz CT molecular complexity index is 226. The molecule has 0 amide bonds. The summed E-state index contributed by atoms with van der Waals surface area (Å²) in [6.07, 6.45) is 6.92. The average molecular weight is 253 g/mol. The zero-order chi connectivity index (χ0) is 12.8. The van der Waals surface area contributed by atoms with Crippen LogP contribution in [0, 0.1) is 0 Å². The molecule has 2 heterocycles. The molecule has 0 bridgehead atoms. The first-order chi connectivity index (χ1) is 8.79. The average Bonchev–Trinajstić information content (AvgIpc) is 2.88. The summed E-state index contributed by atoms with van der Waals surface area (Å²) in [5, 5.41) is 3.60. The van der Waals surface area contributed by atoms with Gasteiger partial charge in [0, 0.05) is 31.7 Å². The fraction of sp³-hybridized carbons (Fsp3) is 1.00. The molecule has 0 aromatic rings. The third-order valence-electron chi connectivity index (χ3n) is 4.69. The van der Waals surface area contributed by atoms with Gasteiger partial charge in [-0.1, -0.05) is 13.3 Å². The van der Waals surface area contributed by atoms with Crippen molar-refractivity contribution in [1.29, 1.82) is 0 Å². The molecule has 2 unspecified atom stereocenters. The van der Waals surface area contributed by atoms with Crippen molar-refractivity contribution in [3.63, 3.8) is 0 Å². The topological polar surface area (TPSA) is 18.5 Å². The standard InChI is InChI=1S/C15H31N3/c1-3-14(2)16-8-12-17-11-7-15(13-17)18-9-5-4-6-10-18/h14-16H,3-13H2,1-2H3. The summed E-state index contributed by atoms with van der Waals surface area (Å²) in [5.74, 6) is 0. The van der Waals surface area contributed by atoms with Crippen LogP contribution in [0.25, 0.3) is 0 Å². The highest BCUT2D eigenvalue weighted by Crippen LogP contribution is 2.19. The largest absolute Gasteiger partial charge is 0.313 e. The minimum absolute atomic E-state index is 0.672. The summed E-state index contributed by atoms with van der Waals surface area (Å²) < 4.78 is 0. The van der Waals surface area contributed by atoms with Crippen molar-refractivity contribution in [1.82, 2.24) is 15.1 Å². The van der Waals surface area contributed by atoms with Crippen LogP contribution in [0.3, 0.4) is 0 Å². The Morgan fingerprint density at radius 1 is 1.17 bits per heavy atom. The quantitative estimate of drug-likeness (QED) is 0.780. The number of piperidine rings is 1. The van der Waals surface area contributed by atoms with Crippen LogP contribution in [0.5, 0.6) is 0 Å². The maximum absolute atomic E-state index is 3.60. The van der Waals surface area contributed by atoms with Crippen molar-refractivity contribution in [2.45, 2.75) is 58.0 Å². The predicted octanol–water partition coefficient (Wildman–Crippen LogP) is 1.93. The third kappa shape index (κ3) is 4.22. The fourth-order valence-electron chi connectivity index (χ4n) is 3.21. The molecule has 18 heavy (non-hydrogen) atoms. The van der Waals surface area contributed by atoms with Crippen molar-refractivity contribution >= 4 is 0 Å². The molecule has 3 heteroatoms. The van der Waals surface area contributed by atoms with E-state index in [1.807, 2.05) is 0 Å². The molecule has 2 saturated heterocycles. The van der Waals surface area contributed by atoms with Gasteiger partial charge in [0.15, 0.2) is 0 Å². The van der Waals surface area contributed by atoms with Crippen LogP contribution in [0.1, 0.15) is 46.0 Å². The molecule has 1 N–H and O–H groups in total. The van der Waals surface area contributed by atoms with E-state index in [1.165, 1.54) is 64.8 Å². The number of nitrogens with zero attached hydrogens (tertiary/aromatic N) is 2. The minimum Gasteiger partial charge on any atom is -0.313 e. The van der Waals surface area contributed by atoms with Gasteiger partial charge < -0.3 is 10.2 Å². The molecule has 3 nitrogen and oxygen atoms in total. The van der Waals surface area contributed by atoms with Gasteiger partial charge in [-0.25, -0.2) is 0 Å². The zero-order valence-electron chi connectivity index (χ0n) is 12.3. The van der Waals surface area contributed by atoms with Crippen LogP contribution in [-0.2, 0) is 0 Å². The molecular formula is C15H31N3. The molecule has 2 aliphatic rings. The van der Waals surface area contributed by atoms with Gasteiger partial charge in [0.25, 0.3) is 0 Å². The van der Waals surface area contributed by atoms with Crippen LogP contribution in [0.2, 0.25) is 0 Å². The Morgan fingerprint density at radius 2 is 1.94 bits per heavy atom. The second-order valence-electron chi connectivity index (χ2n) is 6.10. The lowest BCUT2D eigenvalue weighted by atomic mass is 10.1. The number of hydrogen-bond acceptors (Lipinski definition) is 3. The molecule has 2 fully saturated rings. The van der Waals surface area contributed by atoms with E-state index >= 15 is 0 Å². The van der Waals surface area contributed by atoms with Gasteiger partial charge in [0.05, 0.1) is 0 Å². The Labute approximate surface area is 113 Å². The molecule has 0 radical (unpaired) electrons. The molecule has 2 aliphatic heterocycles. The normalized spacial score (nSPS) is 28.7. The van der Waals surface area contributed by atoms with E-state index in [9.17, 15) is 0 Å². The third-order valence-corrected chi connectivity index (χ3v) is 4.69. The van der Waals surface area contributed by atoms with Gasteiger partial charge in [-0.2, -0.15) is 0 Å². The summed E-state index contributed by atoms with van der Waals surface area (Å²) in [6, 6.07) is 1.53. The molecule has 0 aromatic heterocycles. The SMILES string of the molecule is CCC(C)NCCN1CCC(N2CCCCC2)C1. The number of hydrogen-bond donors (Lipinski definition) is 1. The van der Waals surface area contributed by atoms with Crippen LogP contribution in [0.15, 0.2) is 0 Å². The maximum atomic E-state index is 3.60. The Balaban J connectivity index is 1.62. The molecule has 0 aromatic carbocycles. The smallest absolute Gasteiger partial charge is 0.0235 e. The predicted molar refractivity (Wildman–Crippen MR) is 78.0 cm³/mol. The van der Waals surface area contributed by atoms with E-state index in [0.29, 0.717) is 6.04 Å². The summed E-state index contributed by atoms with van der Waals surface area (Å²) in [6.45, 7) is 12.2. The molecule has 0 saturated carbocycles. The fourth-order valence-corrected chi connectivity index (χ4v) is 3.21. The van der Waals surface area contributed by atoms with Gasteiger partial charge in [0.2, 0.25) is 0 Å². The summed E-state index contributed by atoms with van der Waals surface area (Å²) in [4.78, 5) is 5.39. The highest BCUT2D eigenvalue weighted by molar-refractivity contribution is 4.85. The maximum Gasteiger partial charge on any atom is 0.0235 e. The lowest BCUT2D eigenvalue weighted by Gasteiger charge is -2.32. The van der Waals surface area contributed by atoms with Gasteiger partial charge in [-0.05, 0) is 52.2 Å². The van der Waals surface area contributed by atoms with Crippen molar-refractivity contribution in [3.8, 4) is 0 Å². The van der Waals surface area contributed by atoms with Crippen molar-refractivity contribution in [3.05, 3.63) is 0 Å². The monoisotopic (exact) mass is 253 g/mol. The highest BCUT2D eigenvalue weighted by Gasteiger charge is 2.27. The minimum atomic E-state index is 0.672.